The number of piperidine rings is 1. The van der Waals surface area contributed by atoms with Crippen LogP contribution in [0.5, 0.6) is 0 Å². The zero-order chi connectivity index (χ0) is 16.3. The van der Waals surface area contributed by atoms with Gasteiger partial charge in [-0.2, -0.15) is 0 Å². The fourth-order valence-corrected chi connectivity index (χ4v) is 3.28. The average molecular weight is 325 g/mol. The van der Waals surface area contributed by atoms with Crippen LogP contribution in [0.3, 0.4) is 0 Å². The van der Waals surface area contributed by atoms with Crippen molar-refractivity contribution in [3.63, 3.8) is 0 Å². The summed E-state index contributed by atoms with van der Waals surface area (Å²) in [7, 11) is 0. The van der Waals surface area contributed by atoms with Gasteiger partial charge in [-0.25, -0.2) is 0 Å². The van der Waals surface area contributed by atoms with Crippen LogP contribution in [0.4, 0.5) is 0 Å². The lowest BCUT2D eigenvalue weighted by atomic mass is 9.99. The van der Waals surface area contributed by atoms with Gasteiger partial charge >= 0.3 is 0 Å². The molecular weight excluding hydrogens is 288 g/mol. The summed E-state index contributed by atoms with van der Waals surface area (Å²) in [6, 6.07) is 0. The van der Waals surface area contributed by atoms with E-state index in [0.717, 1.165) is 44.5 Å². The van der Waals surface area contributed by atoms with E-state index in [4.69, 9.17) is 4.74 Å². The molecule has 0 aromatic carbocycles. The van der Waals surface area contributed by atoms with Crippen LogP contribution in [0.25, 0.3) is 0 Å². The highest BCUT2D eigenvalue weighted by atomic mass is 16.5. The molecule has 2 saturated heterocycles. The first kappa shape index (κ1) is 18.5. The van der Waals surface area contributed by atoms with E-state index in [-0.39, 0.29) is 0 Å². The van der Waals surface area contributed by atoms with Crippen molar-refractivity contribution < 1.29 is 4.74 Å². The number of guanidine groups is 1. The van der Waals surface area contributed by atoms with E-state index >= 15 is 0 Å². The molecule has 5 heteroatoms. The summed E-state index contributed by atoms with van der Waals surface area (Å²) in [5.41, 5.74) is 0. The largest absolute Gasteiger partial charge is 0.376 e. The third-order valence-corrected chi connectivity index (χ3v) is 4.89. The van der Waals surface area contributed by atoms with Gasteiger partial charge in [0.1, 0.15) is 0 Å². The summed E-state index contributed by atoms with van der Waals surface area (Å²) in [5.74, 6) is 1.87. The summed E-state index contributed by atoms with van der Waals surface area (Å²) in [6.45, 7) is 11.9. The fraction of sp³-hybridized carbons (Fsp3) is 0.944. The van der Waals surface area contributed by atoms with Gasteiger partial charge in [0, 0.05) is 19.7 Å². The summed E-state index contributed by atoms with van der Waals surface area (Å²) < 4.78 is 5.63. The average Bonchev–Trinajstić information content (AvgIpc) is 3.07. The highest BCUT2D eigenvalue weighted by Crippen LogP contribution is 2.16. The van der Waals surface area contributed by atoms with Crippen molar-refractivity contribution in [2.45, 2.75) is 58.5 Å². The first-order chi connectivity index (χ1) is 11.3. The zero-order valence-corrected chi connectivity index (χ0v) is 15.1. The van der Waals surface area contributed by atoms with Gasteiger partial charge in [0.25, 0.3) is 0 Å². The number of nitrogens with zero attached hydrogens (tertiary/aromatic N) is 2. The van der Waals surface area contributed by atoms with E-state index in [1.165, 1.54) is 51.7 Å². The molecule has 2 fully saturated rings. The second kappa shape index (κ2) is 10.9. The Morgan fingerprint density at radius 1 is 1.17 bits per heavy atom. The lowest BCUT2D eigenvalue weighted by molar-refractivity contribution is 0.117. The lowest BCUT2D eigenvalue weighted by Crippen LogP contribution is -2.39. The number of unbranched alkanes of at least 4 members (excludes halogenated alkanes) is 1. The SMILES string of the molecule is CCNC(=NCC1CCCO1)NCCCCN1CCC(C)CC1. The Morgan fingerprint density at radius 2 is 2.00 bits per heavy atom. The third-order valence-electron chi connectivity index (χ3n) is 4.89. The van der Waals surface area contributed by atoms with Crippen LogP contribution in [0.15, 0.2) is 4.99 Å². The summed E-state index contributed by atoms with van der Waals surface area (Å²) in [6.07, 6.45) is 7.88. The van der Waals surface area contributed by atoms with Gasteiger partial charge in [0.2, 0.25) is 0 Å². The second-order valence-corrected chi connectivity index (χ2v) is 7.01. The van der Waals surface area contributed by atoms with Crippen molar-refractivity contribution >= 4 is 5.96 Å². The predicted octanol–water partition coefficient (Wildman–Crippen LogP) is 2.23. The molecule has 23 heavy (non-hydrogen) atoms. The monoisotopic (exact) mass is 324 g/mol. The minimum absolute atomic E-state index is 0.326. The molecule has 1 atom stereocenters. The first-order valence-electron chi connectivity index (χ1n) is 9.64. The molecule has 5 nitrogen and oxygen atoms in total. The molecule has 134 valence electrons. The molecule has 0 aromatic heterocycles. The maximum Gasteiger partial charge on any atom is 0.191 e. The molecule has 2 heterocycles. The maximum absolute atomic E-state index is 5.63. The zero-order valence-electron chi connectivity index (χ0n) is 15.1. The van der Waals surface area contributed by atoms with Crippen LogP contribution in [-0.2, 0) is 4.74 Å². The summed E-state index contributed by atoms with van der Waals surface area (Å²) >= 11 is 0. The van der Waals surface area contributed by atoms with Crippen molar-refractivity contribution in [1.29, 1.82) is 0 Å². The molecule has 0 saturated carbocycles. The minimum atomic E-state index is 0.326. The van der Waals surface area contributed by atoms with Crippen LogP contribution in [0.2, 0.25) is 0 Å². The first-order valence-corrected chi connectivity index (χ1v) is 9.64. The second-order valence-electron chi connectivity index (χ2n) is 7.01. The van der Waals surface area contributed by atoms with E-state index in [1.807, 2.05) is 0 Å². The molecule has 0 radical (unpaired) electrons. The summed E-state index contributed by atoms with van der Waals surface area (Å²) in [4.78, 5) is 7.27. The maximum atomic E-state index is 5.63. The van der Waals surface area contributed by atoms with E-state index in [9.17, 15) is 0 Å². The third kappa shape index (κ3) is 7.53. The number of hydrogen-bond acceptors (Lipinski definition) is 3. The Balaban J connectivity index is 1.55. The smallest absolute Gasteiger partial charge is 0.191 e. The van der Waals surface area contributed by atoms with Crippen LogP contribution in [-0.4, -0.2) is 62.8 Å². The minimum Gasteiger partial charge on any atom is -0.376 e. The van der Waals surface area contributed by atoms with E-state index < -0.39 is 0 Å². The van der Waals surface area contributed by atoms with Crippen LogP contribution >= 0.6 is 0 Å². The molecule has 0 bridgehead atoms. The summed E-state index contributed by atoms with van der Waals surface area (Å²) in [5, 5.41) is 6.78. The number of aliphatic imine (C=N–C) groups is 1. The molecule has 0 spiro atoms. The normalized spacial score (nSPS) is 24.1. The standard InChI is InChI=1S/C18H36N4O/c1-3-19-18(21-15-17-7-6-14-23-17)20-10-4-5-11-22-12-8-16(2)9-13-22/h16-17H,3-15H2,1-2H3,(H2,19,20,21). The molecule has 2 N–H and O–H groups in total. The van der Waals surface area contributed by atoms with Gasteiger partial charge in [-0.05, 0) is 71.0 Å². The van der Waals surface area contributed by atoms with Crippen LogP contribution < -0.4 is 10.6 Å². The Kier molecular flexibility index (Phi) is 8.76. The number of nitrogens with one attached hydrogen (secondary N) is 2. The Morgan fingerprint density at radius 3 is 2.70 bits per heavy atom. The highest BCUT2D eigenvalue weighted by molar-refractivity contribution is 5.79. The quantitative estimate of drug-likeness (QED) is 0.408. The van der Waals surface area contributed by atoms with Crippen molar-refractivity contribution in [1.82, 2.24) is 15.5 Å². The van der Waals surface area contributed by atoms with E-state index in [1.54, 1.807) is 0 Å². The van der Waals surface area contributed by atoms with Crippen molar-refractivity contribution in [3.8, 4) is 0 Å². The number of likely N-dealkylation sites (tertiary alicyclic amines) is 1. The van der Waals surface area contributed by atoms with Gasteiger partial charge in [0.05, 0.1) is 12.6 Å². The highest BCUT2D eigenvalue weighted by Gasteiger charge is 2.15. The van der Waals surface area contributed by atoms with Crippen molar-refractivity contribution in [2.24, 2.45) is 10.9 Å². The molecule has 1 unspecified atom stereocenters. The fourth-order valence-electron chi connectivity index (χ4n) is 3.28. The van der Waals surface area contributed by atoms with Crippen molar-refractivity contribution in [2.75, 3.05) is 45.9 Å². The molecule has 0 amide bonds. The Bertz CT molecular complexity index is 334. The number of ether oxygens (including phenoxy) is 1. The van der Waals surface area contributed by atoms with Crippen LogP contribution in [0, 0.1) is 5.92 Å². The van der Waals surface area contributed by atoms with E-state index in [2.05, 4.69) is 34.4 Å². The van der Waals surface area contributed by atoms with Gasteiger partial charge in [0.15, 0.2) is 5.96 Å². The van der Waals surface area contributed by atoms with E-state index in [0.29, 0.717) is 6.10 Å². The molecule has 0 aromatic rings. The molecule has 2 aliphatic rings. The molecule has 2 aliphatic heterocycles. The molecular formula is C18H36N4O. The Labute approximate surface area is 142 Å². The lowest BCUT2D eigenvalue weighted by Gasteiger charge is -2.30. The number of hydrogen-bond donors (Lipinski definition) is 2. The Hall–Kier alpha value is -0.810. The van der Waals surface area contributed by atoms with Gasteiger partial charge in [-0.15, -0.1) is 0 Å². The predicted molar refractivity (Wildman–Crippen MR) is 97.0 cm³/mol. The van der Waals surface area contributed by atoms with Gasteiger partial charge in [-0.1, -0.05) is 6.92 Å². The van der Waals surface area contributed by atoms with Gasteiger partial charge < -0.3 is 20.3 Å². The van der Waals surface area contributed by atoms with Crippen LogP contribution in [0.1, 0.15) is 52.4 Å². The molecule has 2 rings (SSSR count). The van der Waals surface area contributed by atoms with Crippen molar-refractivity contribution in [3.05, 3.63) is 0 Å². The topological polar surface area (TPSA) is 48.9 Å². The van der Waals surface area contributed by atoms with Gasteiger partial charge in [-0.3, -0.25) is 4.99 Å². The molecule has 0 aliphatic carbocycles. The number of rotatable bonds is 8.